The first-order valence-corrected chi connectivity index (χ1v) is 16.2. The lowest BCUT2D eigenvalue weighted by atomic mass is 9.66. The van der Waals surface area contributed by atoms with Gasteiger partial charge in [0.25, 0.3) is 6.43 Å². The Morgan fingerprint density at radius 3 is 1.96 bits per heavy atom. The quantitative estimate of drug-likeness (QED) is 0.149. The lowest BCUT2D eigenvalue weighted by Gasteiger charge is -2.42. The highest BCUT2D eigenvalue weighted by atomic mass is 19.3. The number of amides is 3. The van der Waals surface area contributed by atoms with Gasteiger partial charge in [-0.05, 0) is 75.1 Å². The second kappa shape index (κ2) is 16.6. The van der Waals surface area contributed by atoms with Crippen molar-refractivity contribution in [1.29, 1.82) is 0 Å². The van der Waals surface area contributed by atoms with Crippen LogP contribution < -0.4 is 16.0 Å². The SMILES string of the molecule is CC(C(=O)NC(F)C(F)F)c1cc(F)c(NC(=O)C(NC(=O)OC(C)(C)C)C(C2CCCCC2)C2CCCCC2)cc1CCO. The topological polar surface area (TPSA) is 117 Å². The highest BCUT2D eigenvalue weighted by Crippen LogP contribution is 2.42. The molecule has 0 saturated heterocycles. The van der Waals surface area contributed by atoms with Crippen molar-refractivity contribution in [1.82, 2.24) is 10.6 Å². The van der Waals surface area contributed by atoms with Crippen molar-refractivity contribution in [2.24, 2.45) is 17.8 Å². The van der Waals surface area contributed by atoms with Crippen molar-refractivity contribution in [3.8, 4) is 0 Å². The molecule has 3 atom stereocenters. The van der Waals surface area contributed by atoms with E-state index < -0.39 is 60.6 Å². The fourth-order valence-electron chi connectivity index (χ4n) is 6.88. The third kappa shape index (κ3) is 10.6. The minimum absolute atomic E-state index is 0.0453. The summed E-state index contributed by atoms with van der Waals surface area (Å²) in [4.78, 5) is 39.6. The maximum Gasteiger partial charge on any atom is 0.408 e. The van der Waals surface area contributed by atoms with Crippen molar-refractivity contribution >= 4 is 23.6 Å². The smallest absolute Gasteiger partial charge is 0.408 e. The van der Waals surface area contributed by atoms with Crippen LogP contribution in [0.15, 0.2) is 12.1 Å². The predicted molar refractivity (Wildman–Crippen MR) is 163 cm³/mol. The summed E-state index contributed by atoms with van der Waals surface area (Å²) >= 11 is 0. The zero-order valence-corrected chi connectivity index (χ0v) is 26.8. The lowest BCUT2D eigenvalue weighted by molar-refractivity contribution is -0.126. The van der Waals surface area contributed by atoms with Crippen LogP contribution >= 0.6 is 0 Å². The fourth-order valence-corrected chi connectivity index (χ4v) is 6.88. The van der Waals surface area contributed by atoms with E-state index in [-0.39, 0.29) is 41.0 Å². The number of hydrogen-bond donors (Lipinski definition) is 4. The Balaban J connectivity index is 1.96. The summed E-state index contributed by atoms with van der Waals surface area (Å²) in [5, 5.41) is 16.7. The highest BCUT2D eigenvalue weighted by molar-refractivity contribution is 5.97. The van der Waals surface area contributed by atoms with Crippen LogP contribution in [-0.4, -0.2) is 54.0 Å². The van der Waals surface area contributed by atoms with Crippen LogP contribution in [0.3, 0.4) is 0 Å². The normalized spacial score (nSPS) is 18.7. The van der Waals surface area contributed by atoms with Gasteiger partial charge in [0.05, 0.1) is 11.6 Å². The third-order valence-electron chi connectivity index (χ3n) is 8.96. The molecule has 2 fully saturated rings. The van der Waals surface area contributed by atoms with Gasteiger partial charge in [-0.2, -0.15) is 0 Å². The van der Waals surface area contributed by atoms with Gasteiger partial charge in [-0.15, -0.1) is 0 Å². The van der Waals surface area contributed by atoms with Crippen molar-refractivity contribution in [3.05, 3.63) is 29.1 Å². The van der Waals surface area contributed by atoms with E-state index in [2.05, 4.69) is 10.6 Å². The van der Waals surface area contributed by atoms with Crippen molar-refractivity contribution in [2.45, 2.75) is 129 Å². The highest BCUT2D eigenvalue weighted by Gasteiger charge is 2.42. The molecule has 8 nitrogen and oxygen atoms in total. The number of carbonyl (C=O) groups is 3. The van der Waals surface area contributed by atoms with E-state index in [1.165, 1.54) is 13.0 Å². The number of ether oxygens (including phenoxy) is 1. The Morgan fingerprint density at radius 2 is 1.47 bits per heavy atom. The van der Waals surface area contributed by atoms with Gasteiger partial charge in [-0.1, -0.05) is 64.2 Å². The van der Waals surface area contributed by atoms with Gasteiger partial charge in [-0.3, -0.25) is 9.59 Å². The standard InChI is InChI=1S/C33H49F4N3O5/c1-19(30(42)40-29(37)28(35)36)23-18-24(34)25(17-22(23)15-16-41)38-31(43)27(39-32(44)45-33(2,3)4)26(20-11-7-5-8-12-20)21-13-9-6-10-14-21/h17-21,26-29,41H,5-16H2,1-4H3,(H,38,43)(H,39,44)(H,40,42). The first kappa shape index (κ1) is 36.6. The summed E-state index contributed by atoms with van der Waals surface area (Å²) in [6.45, 7) is 6.09. The third-order valence-corrected chi connectivity index (χ3v) is 8.96. The summed E-state index contributed by atoms with van der Waals surface area (Å²) in [7, 11) is 0. The second-order valence-electron chi connectivity index (χ2n) is 13.5. The molecule has 254 valence electrons. The molecule has 3 amide bonds. The number of hydrogen-bond acceptors (Lipinski definition) is 5. The number of nitrogens with one attached hydrogen (secondary N) is 3. The molecule has 2 saturated carbocycles. The zero-order valence-electron chi connectivity index (χ0n) is 26.8. The number of anilines is 1. The van der Waals surface area contributed by atoms with Crippen molar-refractivity contribution in [3.63, 3.8) is 0 Å². The Bertz CT molecular complexity index is 1130. The molecular formula is C33H49F4N3O5. The van der Waals surface area contributed by atoms with Gasteiger partial charge in [0.15, 0.2) is 0 Å². The van der Waals surface area contributed by atoms with Gasteiger partial charge in [0.2, 0.25) is 18.1 Å². The first-order valence-electron chi connectivity index (χ1n) is 16.2. The number of carbonyl (C=O) groups excluding carboxylic acids is 3. The molecule has 1 aromatic carbocycles. The maximum absolute atomic E-state index is 15.6. The van der Waals surface area contributed by atoms with Crippen LogP contribution in [0.4, 0.5) is 28.0 Å². The number of halogens is 4. The van der Waals surface area contributed by atoms with Crippen molar-refractivity contribution < 1.29 is 41.8 Å². The van der Waals surface area contributed by atoms with Crippen molar-refractivity contribution in [2.75, 3.05) is 11.9 Å². The molecule has 0 spiro atoms. The van der Waals surface area contributed by atoms with E-state index in [0.29, 0.717) is 0 Å². The fraction of sp³-hybridized carbons (Fsp3) is 0.727. The molecule has 0 aromatic heterocycles. The van der Waals surface area contributed by atoms with E-state index in [9.17, 15) is 32.7 Å². The van der Waals surface area contributed by atoms with Crippen LogP contribution in [0, 0.1) is 23.6 Å². The van der Waals surface area contributed by atoms with E-state index in [4.69, 9.17) is 4.74 Å². The minimum atomic E-state index is -3.43. The Hall–Kier alpha value is -2.89. The second-order valence-corrected chi connectivity index (χ2v) is 13.5. The number of aliphatic hydroxyl groups excluding tert-OH is 1. The van der Waals surface area contributed by atoms with E-state index >= 15 is 4.39 Å². The summed E-state index contributed by atoms with van der Waals surface area (Å²) in [6.07, 6.45) is 2.94. The largest absolute Gasteiger partial charge is 0.444 e. The Kier molecular flexibility index (Phi) is 13.5. The van der Waals surface area contributed by atoms with Crippen LogP contribution in [0.1, 0.15) is 109 Å². The molecular weight excluding hydrogens is 594 g/mol. The van der Waals surface area contributed by atoms with Gasteiger partial charge in [-0.25, -0.2) is 22.4 Å². The lowest BCUT2D eigenvalue weighted by Crippen LogP contribution is -2.54. The van der Waals surface area contributed by atoms with E-state index in [1.807, 2.05) is 0 Å². The average Bonchev–Trinajstić information content (AvgIpc) is 2.98. The molecule has 4 N–H and O–H groups in total. The number of rotatable bonds is 12. The number of alkyl carbamates (subject to hydrolysis) is 1. The number of benzene rings is 1. The van der Waals surface area contributed by atoms with Gasteiger partial charge in [0.1, 0.15) is 17.5 Å². The summed E-state index contributed by atoms with van der Waals surface area (Å²) < 4.78 is 59.9. The summed E-state index contributed by atoms with van der Waals surface area (Å²) in [5.41, 5.74) is -0.697. The molecule has 3 rings (SSSR count). The number of alkyl halides is 3. The zero-order chi connectivity index (χ0) is 33.3. The summed E-state index contributed by atoms with van der Waals surface area (Å²) in [5.74, 6) is -3.63. The molecule has 0 aliphatic heterocycles. The van der Waals surface area contributed by atoms with Gasteiger partial charge >= 0.3 is 6.09 Å². The van der Waals surface area contributed by atoms with Crippen LogP contribution in [0.5, 0.6) is 0 Å². The molecule has 1 aromatic rings. The molecule has 0 bridgehead atoms. The van der Waals surface area contributed by atoms with Gasteiger partial charge in [0, 0.05) is 6.61 Å². The van der Waals surface area contributed by atoms with E-state index in [1.54, 1.807) is 26.1 Å². The molecule has 3 unspecified atom stereocenters. The maximum atomic E-state index is 15.6. The van der Waals surface area contributed by atoms with Gasteiger partial charge < -0.3 is 25.8 Å². The van der Waals surface area contributed by atoms with Crippen LogP contribution in [0.2, 0.25) is 0 Å². The molecule has 12 heteroatoms. The Labute approximate surface area is 263 Å². The van der Waals surface area contributed by atoms with Crippen LogP contribution in [-0.2, 0) is 20.7 Å². The average molecular weight is 644 g/mol. The molecule has 2 aliphatic rings. The predicted octanol–water partition coefficient (Wildman–Crippen LogP) is 6.75. The monoisotopic (exact) mass is 643 g/mol. The molecule has 0 heterocycles. The minimum Gasteiger partial charge on any atom is -0.444 e. The Morgan fingerprint density at radius 1 is 0.911 bits per heavy atom. The number of aliphatic hydroxyl groups is 1. The molecule has 2 aliphatic carbocycles. The molecule has 0 radical (unpaired) electrons. The molecule has 45 heavy (non-hydrogen) atoms. The van der Waals surface area contributed by atoms with E-state index in [0.717, 1.165) is 70.3 Å². The summed E-state index contributed by atoms with van der Waals surface area (Å²) in [6, 6.07) is 1.26. The first-order chi connectivity index (χ1) is 21.2. The van der Waals surface area contributed by atoms with Crippen LogP contribution in [0.25, 0.3) is 0 Å².